The van der Waals surface area contributed by atoms with E-state index in [1.165, 1.54) is 0 Å². The summed E-state index contributed by atoms with van der Waals surface area (Å²) in [5.74, 6) is 0.945. The number of rotatable bonds is 9. The van der Waals surface area contributed by atoms with Crippen molar-refractivity contribution in [1.82, 2.24) is 0 Å². The van der Waals surface area contributed by atoms with E-state index >= 15 is 0 Å². The molecular weight excluding hydrogens is 260 g/mol. The summed E-state index contributed by atoms with van der Waals surface area (Å²) in [6.45, 7) is 16.0. The van der Waals surface area contributed by atoms with Crippen LogP contribution < -0.4 is 0 Å². The number of hydrogen-bond acceptors (Lipinski definition) is 3. The lowest BCUT2D eigenvalue weighted by Crippen LogP contribution is -2.04. The highest BCUT2D eigenvalue weighted by atomic mass is 35.5. The Kier molecular flexibility index (Phi) is 9.45. The van der Waals surface area contributed by atoms with Crippen molar-refractivity contribution >= 4 is 24.5 Å². The van der Waals surface area contributed by atoms with Crippen LogP contribution in [-0.4, -0.2) is 26.1 Å². The van der Waals surface area contributed by atoms with E-state index in [-0.39, 0.29) is 5.92 Å². The molecule has 3 nitrogen and oxygen atoms in total. The lowest BCUT2D eigenvalue weighted by atomic mass is 10.0. The van der Waals surface area contributed by atoms with Crippen molar-refractivity contribution in [3.63, 3.8) is 0 Å². The lowest BCUT2D eigenvalue weighted by molar-refractivity contribution is 0.225. The number of allylic oxidation sites excluding steroid dienone is 4. The number of hydrogen-bond donors (Lipinski definition) is 0. The van der Waals surface area contributed by atoms with Gasteiger partial charge in [0, 0.05) is 17.4 Å². The summed E-state index contributed by atoms with van der Waals surface area (Å²) in [5.41, 5.74) is 0.890. The van der Waals surface area contributed by atoms with Gasteiger partial charge in [0.1, 0.15) is 12.4 Å². The first-order chi connectivity index (χ1) is 8.99. The second-order valence-electron chi connectivity index (χ2n) is 4.06. The van der Waals surface area contributed by atoms with E-state index < -0.39 is 0 Å². The van der Waals surface area contributed by atoms with Gasteiger partial charge in [0.25, 0.3) is 0 Å². The van der Waals surface area contributed by atoms with Gasteiger partial charge in [0.15, 0.2) is 0 Å². The van der Waals surface area contributed by atoms with E-state index in [9.17, 15) is 0 Å². The molecule has 0 aromatic rings. The van der Waals surface area contributed by atoms with Gasteiger partial charge in [-0.25, -0.2) is 0 Å². The third kappa shape index (κ3) is 9.03. The molecule has 4 heteroatoms. The Labute approximate surface area is 120 Å². The van der Waals surface area contributed by atoms with E-state index in [0.29, 0.717) is 23.9 Å². The Hall–Kier alpha value is -1.61. The second-order valence-corrected chi connectivity index (χ2v) is 4.55. The van der Waals surface area contributed by atoms with Crippen molar-refractivity contribution in [2.45, 2.75) is 13.8 Å². The molecule has 0 radical (unpaired) electrons. The van der Waals surface area contributed by atoms with Crippen molar-refractivity contribution in [2.75, 3.05) is 13.2 Å². The molecule has 0 heterocycles. The van der Waals surface area contributed by atoms with Crippen molar-refractivity contribution < 1.29 is 4.74 Å². The summed E-state index contributed by atoms with van der Waals surface area (Å²) in [7, 11) is 0. The van der Waals surface area contributed by atoms with E-state index in [0.717, 1.165) is 5.57 Å². The van der Waals surface area contributed by atoms with Crippen LogP contribution in [0.4, 0.5) is 0 Å². The summed E-state index contributed by atoms with van der Waals surface area (Å²) in [4.78, 5) is 7.69. The fourth-order valence-electron chi connectivity index (χ4n) is 1.10. The maximum atomic E-state index is 5.77. The Bertz CT molecular complexity index is 406. The van der Waals surface area contributed by atoms with Crippen LogP contribution in [0.5, 0.6) is 0 Å². The summed E-state index contributed by atoms with van der Waals surface area (Å²) in [5, 5.41) is 0.417. The molecule has 0 saturated heterocycles. The van der Waals surface area contributed by atoms with Crippen molar-refractivity contribution in [3.05, 3.63) is 47.9 Å². The summed E-state index contributed by atoms with van der Waals surface area (Å²) in [6.07, 6.45) is 6.60. The third-order valence-electron chi connectivity index (χ3n) is 2.16. The maximum Gasteiger partial charge on any atom is 0.123 e. The molecule has 0 aliphatic carbocycles. The highest BCUT2D eigenvalue weighted by Gasteiger charge is 2.08. The molecule has 0 rings (SSSR count). The first-order valence-corrected chi connectivity index (χ1v) is 6.35. The van der Waals surface area contributed by atoms with Crippen LogP contribution in [0.2, 0.25) is 0 Å². The van der Waals surface area contributed by atoms with Gasteiger partial charge in [0.05, 0.1) is 6.54 Å². The molecule has 0 fully saturated rings. The van der Waals surface area contributed by atoms with E-state index in [1.807, 2.05) is 13.8 Å². The van der Waals surface area contributed by atoms with Crippen LogP contribution in [0.15, 0.2) is 57.9 Å². The average Bonchev–Trinajstić information content (AvgIpc) is 2.34. The molecule has 19 heavy (non-hydrogen) atoms. The normalized spacial score (nSPS) is 12.3. The van der Waals surface area contributed by atoms with Gasteiger partial charge < -0.3 is 4.74 Å². The zero-order chi connectivity index (χ0) is 14.7. The molecule has 0 aromatic heterocycles. The van der Waals surface area contributed by atoms with Gasteiger partial charge in [-0.3, -0.25) is 9.98 Å². The van der Waals surface area contributed by atoms with Crippen molar-refractivity contribution in [3.8, 4) is 0 Å². The Morgan fingerprint density at radius 1 is 1.37 bits per heavy atom. The van der Waals surface area contributed by atoms with Crippen LogP contribution >= 0.6 is 11.6 Å². The summed E-state index contributed by atoms with van der Waals surface area (Å²) < 4.78 is 5.63. The minimum Gasteiger partial charge on any atom is -0.491 e. The Balaban J connectivity index is 4.33. The highest BCUT2D eigenvalue weighted by Crippen LogP contribution is 2.20. The third-order valence-corrected chi connectivity index (χ3v) is 2.27. The smallest absolute Gasteiger partial charge is 0.123 e. The zero-order valence-electron chi connectivity index (χ0n) is 11.6. The van der Waals surface area contributed by atoms with Crippen molar-refractivity contribution in [1.29, 1.82) is 0 Å². The number of nitrogens with zero attached hydrogens (tertiary/aromatic N) is 2. The van der Waals surface area contributed by atoms with Gasteiger partial charge >= 0.3 is 0 Å². The SMILES string of the molecule is C=N/C=C\C=NCCO/C(=C/C(=C)Cl)C(=C)C(C)C. The predicted molar refractivity (Wildman–Crippen MR) is 85.1 cm³/mol. The van der Waals surface area contributed by atoms with E-state index in [4.69, 9.17) is 16.3 Å². The molecule has 0 saturated carbocycles. The van der Waals surface area contributed by atoms with Gasteiger partial charge in [0.2, 0.25) is 0 Å². The largest absolute Gasteiger partial charge is 0.491 e. The van der Waals surface area contributed by atoms with E-state index in [1.54, 1.807) is 24.6 Å². The molecule has 0 aliphatic rings. The molecule has 0 amide bonds. The lowest BCUT2D eigenvalue weighted by Gasteiger charge is -2.15. The second kappa shape index (κ2) is 10.3. The van der Waals surface area contributed by atoms with Gasteiger partial charge in [-0.2, -0.15) is 0 Å². The molecule has 0 aliphatic heterocycles. The minimum atomic E-state index is 0.285. The van der Waals surface area contributed by atoms with Gasteiger partial charge in [-0.1, -0.05) is 38.6 Å². The molecule has 0 atom stereocenters. The van der Waals surface area contributed by atoms with Crippen LogP contribution in [-0.2, 0) is 4.74 Å². The molecular formula is C15H21ClN2O. The summed E-state index contributed by atoms with van der Waals surface area (Å²) in [6, 6.07) is 0. The standard InChI is InChI=1S/C15H21ClN2O/c1-12(2)14(4)15(11-13(3)16)19-10-9-18-8-6-7-17-5/h6-8,11-12H,3-5,9-10H2,1-2H3/b7-6-,15-11+,18-8?. The Morgan fingerprint density at radius 3 is 2.58 bits per heavy atom. The maximum absolute atomic E-state index is 5.77. The topological polar surface area (TPSA) is 34.0 Å². The number of halogens is 1. The van der Waals surface area contributed by atoms with Crippen LogP contribution in [0.3, 0.4) is 0 Å². The zero-order valence-corrected chi connectivity index (χ0v) is 12.4. The fourth-order valence-corrected chi connectivity index (χ4v) is 1.20. The van der Waals surface area contributed by atoms with Crippen molar-refractivity contribution in [2.24, 2.45) is 15.9 Å². The van der Waals surface area contributed by atoms with Crippen LogP contribution in [0, 0.1) is 5.92 Å². The Morgan fingerprint density at radius 2 is 2.05 bits per heavy atom. The monoisotopic (exact) mass is 280 g/mol. The summed E-state index contributed by atoms with van der Waals surface area (Å²) >= 11 is 5.77. The number of aliphatic imine (C=N–C) groups is 2. The quantitative estimate of drug-likeness (QED) is 0.270. The van der Waals surface area contributed by atoms with E-state index in [2.05, 4.69) is 29.9 Å². The van der Waals surface area contributed by atoms with Crippen LogP contribution in [0.25, 0.3) is 0 Å². The fraction of sp³-hybridized carbons (Fsp3) is 0.333. The first-order valence-electron chi connectivity index (χ1n) is 5.98. The highest BCUT2D eigenvalue weighted by molar-refractivity contribution is 6.30. The van der Waals surface area contributed by atoms with Crippen LogP contribution in [0.1, 0.15) is 13.8 Å². The minimum absolute atomic E-state index is 0.285. The number of ether oxygens (including phenoxy) is 1. The molecule has 0 spiro atoms. The first kappa shape index (κ1) is 17.4. The predicted octanol–water partition coefficient (Wildman–Crippen LogP) is 4.14. The van der Waals surface area contributed by atoms with Gasteiger partial charge in [-0.05, 0) is 30.4 Å². The molecule has 0 aromatic carbocycles. The van der Waals surface area contributed by atoms with Gasteiger partial charge in [-0.15, -0.1) is 0 Å². The molecule has 104 valence electrons. The molecule has 0 N–H and O–H groups in total. The molecule has 0 unspecified atom stereocenters. The molecule has 0 bridgehead atoms. The average molecular weight is 281 g/mol.